The minimum Gasteiger partial charge on any atom is -0.360 e. The topological polar surface area (TPSA) is 67.8 Å². The van der Waals surface area contributed by atoms with Crippen LogP contribution in [0.5, 0.6) is 0 Å². The first kappa shape index (κ1) is 18.5. The molecule has 0 bridgehead atoms. The monoisotopic (exact) mass is 391 g/mol. The Hall–Kier alpha value is -2.86. The van der Waals surface area contributed by atoms with Crippen LogP contribution in [-0.2, 0) is 6.54 Å². The number of carbonyl (C=O) groups excluding carboxylic acids is 1. The fourth-order valence-electron chi connectivity index (χ4n) is 3.36. The number of benzene rings is 2. The Labute approximate surface area is 166 Å². The van der Waals surface area contributed by atoms with Gasteiger partial charge in [-0.25, -0.2) is 4.98 Å². The van der Waals surface area contributed by atoms with Crippen molar-refractivity contribution in [3.05, 3.63) is 70.6 Å². The highest BCUT2D eigenvalue weighted by Gasteiger charge is 2.22. The summed E-state index contributed by atoms with van der Waals surface area (Å²) in [6.07, 6.45) is 2.58. The number of para-hydroxylation sites is 2. The number of thioether (sulfide) groups is 1. The number of H-pyrrole nitrogens is 1. The van der Waals surface area contributed by atoms with Crippen molar-refractivity contribution >= 4 is 39.4 Å². The van der Waals surface area contributed by atoms with Crippen LogP contribution in [-0.4, -0.2) is 25.6 Å². The molecule has 0 fully saturated rings. The lowest BCUT2D eigenvalue weighted by Gasteiger charge is -2.15. The summed E-state index contributed by atoms with van der Waals surface area (Å²) in [5, 5.41) is 1.75. The minimum absolute atomic E-state index is 0.0212. The zero-order valence-electron chi connectivity index (χ0n) is 15.8. The molecule has 0 radical (unpaired) electrons. The van der Waals surface area contributed by atoms with Gasteiger partial charge in [0, 0.05) is 29.2 Å². The molecular weight excluding hydrogens is 370 g/mol. The summed E-state index contributed by atoms with van der Waals surface area (Å²) >= 11 is 1.34. The van der Waals surface area contributed by atoms with Gasteiger partial charge in [0.1, 0.15) is 0 Å². The van der Waals surface area contributed by atoms with Crippen LogP contribution < -0.4 is 5.56 Å². The Kier molecular flexibility index (Phi) is 5.05. The average molecular weight is 391 g/mol. The Balaban J connectivity index is 1.71. The summed E-state index contributed by atoms with van der Waals surface area (Å²) in [6, 6.07) is 15.1. The van der Waals surface area contributed by atoms with E-state index in [2.05, 4.69) is 9.97 Å². The number of fused-ring (bicyclic) bond motifs is 2. The summed E-state index contributed by atoms with van der Waals surface area (Å²) in [7, 11) is 0. The van der Waals surface area contributed by atoms with Crippen LogP contribution in [0.15, 0.2) is 64.7 Å². The van der Waals surface area contributed by atoms with Gasteiger partial charge in [-0.15, -0.1) is 0 Å². The zero-order chi connectivity index (χ0) is 19.7. The highest BCUT2D eigenvalue weighted by Crippen LogP contribution is 2.27. The Bertz CT molecular complexity index is 1230. The molecule has 28 heavy (non-hydrogen) atoms. The second kappa shape index (κ2) is 7.64. The van der Waals surface area contributed by atoms with Gasteiger partial charge in [0.25, 0.3) is 5.56 Å². The largest absolute Gasteiger partial charge is 0.360 e. The minimum atomic E-state index is -0.365. The number of hydrogen-bond acceptors (Lipinski definition) is 4. The highest BCUT2D eigenvalue weighted by atomic mass is 32.2. The summed E-state index contributed by atoms with van der Waals surface area (Å²) in [5.41, 5.74) is 2.21. The van der Waals surface area contributed by atoms with Crippen LogP contribution in [0.1, 0.15) is 30.6 Å². The van der Waals surface area contributed by atoms with E-state index >= 15 is 0 Å². The molecule has 2 aromatic heterocycles. The van der Waals surface area contributed by atoms with E-state index in [4.69, 9.17) is 0 Å². The third kappa shape index (κ3) is 3.24. The van der Waals surface area contributed by atoms with Gasteiger partial charge >= 0.3 is 0 Å². The average Bonchev–Trinajstić information content (AvgIpc) is 3.14. The van der Waals surface area contributed by atoms with E-state index in [0.29, 0.717) is 28.2 Å². The molecule has 2 aromatic carbocycles. The molecule has 142 valence electrons. The maximum absolute atomic E-state index is 13.1. The zero-order valence-corrected chi connectivity index (χ0v) is 16.6. The quantitative estimate of drug-likeness (QED) is 0.295. The smallest absolute Gasteiger partial charge is 0.262 e. The summed E-state index contributed by atoms with van der Waals surface area (Å²) in [5.74, 6) is 0.0212. The fourth-order valence-corrected chi connectivity index (χ4v) is 4.37. The van der Waals surface area contributed by atoms with Crippen molar-refractivity contribution in [2.45, 2.75) is 37.2 Å². The van der Waals surface area contributed by atoms with Gasteiger partial charge in [-0.05, 0) is 31.5 Å². The van der Waals surface area contributed by atoms with Gasteiger partial charge in [-0.3, -0.25) is 14.2 Å². The molecule has 5 nitrogen and oxygen atoms in total. The van der Waals surface area contributed by atoms with Crippen molar-refractivity contribution < 1.29 is 4.79 Å². The van der Waals surface area contributed by atoms with Crippen LogP contribution in [0.25, 0.3) is 21.8 Å². The Morgan fingerprint density at radius 3 is 2.64 bits per heavy atom. The van der Waals surface area contributed by atoms with Crippen LogP contribution >= 0.6 is 11.8 Å². The van der Waals surface area contributed by atoms with Crippen molar-refractivity contribution in [1.29, 1.82) is 0 Å². The molecule has 1 N–H and O–H groups in total. The number of aromatic nitrogens is 3. The van der Waals surface area contributed by atoms with E-state index in [0.717, 1.165) is 17.3 Å². The molecule has 0 saturated carbocycles. The third-order valence-electron chi connectivity index (χ3n) is 4.78. The number of carbonyl (C=O) groups is 1. The van der Waals surface area contributed by atoms with Crippen LogP contribution in [0.2, 0.25) is 0 Å². The molecule has 0 aliphatic carbocycles. The number of nitrogens with one attached hydrogen (secondary N) is 1. The lowest BCUT2D eigenvalue weighted by molar-refractivity contribution is 0.0995. The van der Waals surface area contributed by atoms with E-state index in [9.17, 15) is 9.59 Å². The number of aromatic amines is 1. The third-order valence-corrected chi connectivity index (χ3v) is 5.87. The summed E-state index contributed by atoms with van der Waals surface area (Å²) < 4.78 is 1.69. The lowest BCUT2D eigenvalue weighted by atomic mass is 10.1. The van der Waals surface area contributed by atoms with E-state index in [1.807, 2.05) is 56.3 Å². The molecule has 2 heterocycles. The first-order valence-corrected chi connectivity index (χ1v) is 10.2. The summed E-state index contributed by atoms with van der Waals surface area (Å²) in [4.78, 5) is 33.8. The van der Waals surface area contributed by atoms with Crippen LogP contribution in [0.3, 0.4) is 0 Å². The predicted molar refractivity (Wildman–Crippen MR) is 114 cm³/mol. The van der Waals surface area contributed by atoms with Crippen molar-refractivity contribution in [3.8, 4) is 0 Å². The number of ketones is 1. The van der Waals surface area contributed by atoms with E-state index in [-0.39, 0.29) is 16.6 Å². The van der Waals surface area contributed by atoms with Crippen LogP contribution in [0.4, 0.5) is 0 Å². The number of rotatable bonds is 6. The van der Waals surface area contributed by atoms with Gasteiger partial charge in [0.15, 0.2) is 10.9 Å². The van der Waals surface area contributed by atoms with Crippen molar-refractivity contribution in [3.63, 3.8) is 0 Å². The molecule has 0 aliphatic rings. The molecule has 1 atom stereocenters. The van der Waals surface area contributed by atoms with E-state index < -0.39 is 0 Å². The maximum Gasteiger partial charge on any atom is 0.262 e. The van der Waals surface area contributed by atoms with Gasteiger partial charge in [0.2, 0.25) is 0 Å². The second-order valence-corrected chi connectivity index (χ2v) is 8.05. The molecular formula is C22H21N3O2S. The first-order chi connectivity index (χ1) is 13.6. The van der Waals surface area contributed by atoms with Crippen LogP contribution in [0, 0.1) is 0 Å². The molecule has 0 amide bonds. The SMILES string of the molecule is CCCn1c(S[C@@H](C)C(=O)c2c[nH]c3ccccc23)nc2ccccc2c1=O. The van der Waals surface area contributed by atoms with Crippen molar-refractivity contribution in [2.24, 2.45) is 0 Å². The number of Topliss-reactive ketones (excluding diaryl/α,β-unsaturated/α-hetero) is 1. The van der Waals surface area contributed by atoms with Gasteiger partial charge < -0.3 is 4.98 Å². The lowest BCUT2D eigenvalue weighted by Crippen LogP contribution is -2.25. The summed E-state index contributed by atoms with van der Waals surface area (Å²) in [6.45, 7) is 4.47. The van der Waals surface area contributed by atoms with Gasteiger partial charge in [-0.2, -0.15) is 0 Å². The predicted octanol–water partition coefficient (Wildman–Crippen LogP) is 4.65. The van der Waals surface area contributed by atoms with E-state index in [1.165, 1.54) is 11.8 Å². The molecule has 4 aromatic rings. The molecule has 0 unspecified atom stereocenters. The van der Waals surface area contributed by atoms with E-state index in [1.54, 1.807) is 16.8 Å². The fraction of sp³-hybridized carbons (Fsp3) is 0.227. The van der Waals surface area contributed by atoms with Gasteiger partial charge in [0.05, 0.1) is 16.2 Å². The normalized spacial score (nSPS) is 12.5. The number of hydrogen-bond donors (Lipinski definition) is 1. The van der Waals surface area contributed by atoms with Crippen molar-refractivity contribution in [1.82, 2.24) is 14.5 Å². The molecule has 6 heteroatoms. The highest BCUT2D eigenvalue weighted by molar-refractivity contribution is 8.00. The molecule has 0 spiro atoms. The standard InChI is InChI=1S/C22H21N3O2S/c1-3-12-25-21(27)16-9-5-7-11-19(16)24-22(25)28-14(2)20(26)17-13-23-18-10-6-4-8-15(17)18/h4-11,13-14,23H,3,12H2,1-2H3/t14-/m0/s1. The van der Waals surface area contributed by atoms with Crippen molar-refractivity contribution in [2.75, 3.05) is 0 Å². The molecule has 0 aliphatic heterocycles. The Morgan fingerprint density at radius 1 is 1.14 bits per heavy atom. The first-order valence-electron chi connectivity index (χ1n) is 9.36. The number of nitrogens with zero attached hydrogens (tertiary/aromatic N) is 2. The molecule has 4 rings (SSSR count). The van der Waals surface area contributed by atoms with Gasteiger partial charge in [-0.1, -0.05) is 49.0 Å². The molecule has 0 saturated heterocycles. The Morgan fingerprint density at radius 2 is 1.86 bits per heavy atom. The maximum atomic E-state index is 13.1. The second-order valence-electron chi connectivity index (χ2n) is 6.74.